The minimum absolute atomic E-state index is 0.300. The molecule has 2 atom stereocenters. The van der Waals surface area contributed by atoms with Gasteiger partial charge in [-0.1, -0.05) is 20.8 Å². The van der Waals surface area contributed by atoms with Crippen molar-refractivity contribution in [3.05, 3.63) is 0 Å². The van der Waals surface area contributed by atoms with Crippen LogP contribution in [0, 0.1) is 11.8 Å². The maximum Gasteiger partial charge on any atom is 0.0498 e. The van der Waals surface area contributed by atoms with E-state index in [1.807, 2.05) is 13.8 Å². The Labute approximate surface area is 69.6 Å². The van der Waals surface area contributed by atoms with Crippen molar-refractivity contribution in [2.24, 2.45) is 11.8 Å². The molecule has 1 rings (SSSR count). The first-order chi connectivity index (χ1) is 5.34. The standard InChI is InChI=1S/C7H14O2.C2H6/c1-6(4-8)7-2-3-9-5-7;1-2/h6-8H,2-5H2,1H3;1-2H3. The van der Waals surface area contributed by atoms with Gasteiger partial charge in [0.15, 0.2) is 0 Å². The zero-order valence-electron chi connectivity index (χ0n) is 7.84. The molecule has 0 aromatic rings. The van der Waals surface area contributed by atoms with E-state index < -0.39 is 0 Å². The summed E-state index contributed by atoms with van der Waals surface area (Å²) in [4.78, 5) is 0. The van der Waals surface area contributed by atoms with E-state index in [4.69, 9.17) is 9.84 Å². The highest BCUT2D eigenvalue weighted by molar-refractivity contribution is 4.69. The fourth-order valence-electron chi connectivity index (χ4n) is 1.15. The van der Waals surface area contributed by atoms with E-state index in [2.05, 4.69) is 6.92 Å². The molecule has 1 fully saturated rings. The summed E-state index contributed by atoms with van der Waals surface area (Å²) in [7, 11) is 0. The van der Waals surface area contributed by atoms with E-state index in [0.717, 1.165) is 19.6 Å². The van der Waals surface area contributed by atoms with Gasteiger partial charge in [0.25, 0.3) is 0 Å². The smallest absolute Gasteiger partial charge is 0.0498 e. The second kappa shape index (κ2) is 6.62. The molecule has 1 heterocycles. The molecule has 0 radical (unpaired) electrons. The highest BCUT2D eigenvalue weighted by Gasteiger charge is 2.20. The third-order valence-corrected chi connectivity index (χ3v) is 2.06. The summed E-state index contributed by atoms with van der Waals surface area (Å²) in [5, 5.41) is 8.74. The number of rotatable bonds is 2. The number of hydrogen-bond acceptors (Lipinski definition) is 2. The Morgan fingerprint density at radius 3 is 2.55 bits per heavy atom. The summed E-state index contributed by atoms with van der Waals surface area (Å²) in [6.07, 6.45) is 1.13. The van der Waals surface area contributed by atoms with Gasteiger partial charge >= 0.3 is 0 Å². The van der Waals surface area contributed by atoms with Crippen molar-refractivity contribution in [1.29, 1.82) is 0 Å². The average molecular weight is 160 g/mol. The van der Waals surface area contributed by atoms with Crippen molar-refractivity contribution in [2.45, 2.75) is 27.2 Å². The molecule has 0 spiro atoms. The third-order valence-electron chi connectivity index (χ3n) is 2.06. The average Bonchev–Trinajstić information content (AvgIpc) is 2.59. The summed E-state index contributed by atoms with van der Waals surface area (Å²) in [5.41, 5.74) is 0. The predicted molar refractivity (Wildman–Crippen MR) is 46.5 cm³/mol. The summed E-state index contributed by atoms with van der Waals surface area (Å²) < 4.78 is 5.17. The summed E-state index contributed by atoms with van der Waals surface area (Å²) >= 11 is 0. The van der Waals surface area contributed by atoms with Crippen LogP contribution in [0.3, 0.4) is 0 Å². The van der Waals surface area contributed by atoms with Crippen LogP contribution in [0.15, 0.2) is 0 Å². The lowest BCUT2D eigenvalue weighted by Gasteiger charge is -2.13. The molecule has 0 saturated carbocycles. The van der Waals surface area contributed by atoms with Crippen molar-refractivity contribution >= 4 is 0 Å². The van der Waals surface area contributed by atoms with Gasteiger partial charge in [-0.05, 0) is 18.3 Å². The van der Waals surface area contributed by atoms with Gasteiger partial charge in [0.1, 0.15) is 0 Å². The van der Waals surface area contributed by atoms with Crippen LogP contribution in [0.5, 0.6) is 0 Å². The molecule has 1 N–H and O–H groups in total. The van der Waals surface area contributed by atoms with Crippen molar-refractivity contribution in [3.8, 4) is 0 Å². The largest absolute Gasteiger partial charge is 0.396 e. The van der Waals surface area contributed by atoms with Gasteiger partial charge in [-0.2, -0.15) is 0 Å². The molecule has 0 aliphatic carbocycles. The monoisotopic (exact) mass is 160 g/mol. The van der Waals surface area contributed by atoms with Gasteiger partial charge in [0, 0.05) is 19.8 Å². The van der Waals surface area contributed by atoms with Crippen LogP contribution >= 0.6 is 0 Å². The van der Waals surface area contributed by atoms with E-state index in [0.29, 0.717) is 18.4 Å². The third kappa shape index (κ3) is 3.73. The van der Waals surface area contributed by atoms with Crippen molar-refractivity contribution in [1.82, 2.24) is 0 Å². The first-order valence-corrected chi connectivity index (χ1v) is 4.53. The summed E-state index contributed by atoms with van der Waals surface area (Å²) in [6.45, 7) is 8.10. The van der Waals surface area contributed by atoms with Gasteiger partial charge in [-0.15, -0.1) is 0 Å². The number of aliphatic hydroxyl groups excluding tert-OH is 1. The molecule has 2 nitrogen and oxygen atoms in total. The molecule has 0 aromatic carbocycles. The minimum Gasteiger partial charge on any atom is -0.396 e. The molecule has 11 heavy (non-hydrogen) atoms. The van der Waals surface area contributed by atoms with Crippen LogP contribution in [-0.2, 0) is 4.74 Å². The van der Waals surface area contributed by atoms with E-state index in [-0.39, 0.29) is 0 Å². The van der Waals surface area contributed by atoms with Crippen LogP contribution in [0.1, 0.15) is 27.2 Å². The molecule has 1 saturated heterocycles. The zero-order chi connectivity index (χ0) is 8.69. The number of aliphatic hydroxyl groups is 1. The fourth-order valence-corrected chi connectivity index (χ4v) is 1.15. The highest BCUT2D eigenvalue weighted by Crippen LogP contribution is 2.20. The molecule has 1 aliphatic rings. The highest BCUT2D eigenvalue weighted by atomic mass is 16.5. The minimum atomic E-state index is 0.300. The molecule has 2 heteroatoms. The Morgan fingerprint density at radius 2 is 2.18 bits per heavy atom. The van der Waals surface area contributed by atoms with Gasteiger partial charge in [0.05, 0.1) is 0 Å². The lowest BCUT2D eigenvalue weighted by Crippen LogP contribution is -2.14. The SMILES string of the molecule is CC.CC(CO)C1CCOC1. The predicted octanol–water partition coefficient (Wildman–Crippen LogP) is 1.68. The van der Waals surface area contributed by atoms with Gasteiger partial charge < -0.3 is 9.84 Å². The van der Waals surface area contributed by atoms with E-state index in [9.17, 15) is 0 Å². The second-order valence-electron chi connectivity index (χ2n) is 2.78. The molecule has 0 aromatic heterocycles. The van der Waals surface area contributed by atoms with Gasteiger partial charge in [-0.25, -0.2) is 0 Å². The Hall–Kier alpha value is -0.0800. The quantitative estimate of drug-likeness (QED) is 0.666. The zero-order valence-corrected chi connectivity index (χ0v) is 7.84. The van der Waals surface area contributed by atoms with E-state index in [1.54, 1.807) is 0 Å². The molecule has 0 amide bonds. The molecule has 68 valence electrons. The Morgan fingerprint density at radius 1 is 1.55 bits per heavy atom. The van der Waals surface area contributed by atoms with Crippen LogP contribution in [0.4, 0.5) is 0 Å². The molecular weight excluding hydrogens is 140 g/mol. The topological polar surface area (TPSA) is 29.5 Å². The first-order valence-electron chi connectivity index (χ1n) is 4.53. The van der Waals surface area contributed by atoms with Gasteiger partial charge in [-0.3, -0.25) is 0 Å². The second-order valence-corrected chi connectivity index (χ2v) is 2.78. The Kier molecular flexibility index (Phi) is 6.57. The lowest BCUT2D eigenvalue weighted by atomic mass is 9.94. The maximum absolute atomic E-state index is 8.74. The Balaban J connectivity index is 0.000000461. The maximum atomic E-state index is 8.74. The van der Waals surface area contributed by atoms with Crippen LogP contribution < -0.4 is 0 Å². The van der Waals surface area contributed by atoms with Crippen molar-refractivity contribution in [2.75, 3.05) is 19.8 Å². The van der Waals surface area contributed by atoms with E-state index >= 15 is 0 Å². The van der Waals surface area contributed by atoms with Gasteiger partial charge in [0.2, 0.25) is 0 Å². The molecular formula is C9H20O2. The fraction of sp³-hybridized carbons (Fsp3) is 1.00. The van der Waals surface area contributed by atoms with Crippen molar-refractivity contribution < 1.29 is 9.84 Å². The molecule has 1 aliphatic heterocycles. The van der Waals surface area contributed by atoms with Crippen LogP contribution in [0.2, 0.25) is 0 Å². The summed E-state index contributed by atoms with van der Waals surface area (Å²) in [6, 6.07) is 0. The van der Waals surface area contributed by atoms with E-state index in [1.165, 1.54) is 0 Å². The van der Waals surface area contributed by atoms with Crippen LogP contribution in [-0.4, -0.2) is 24.9 Å². The lowest BCUT2D eigenvalue weighted by molar-refractivity contribution is 0.147. The van der Waals surface area contributed by atoms with Crippen molar-refractivity contribution in [3.63, 3.8) is 0 Å². The molecule has 2 unspecified atom stereocenters. The normalized spacial score (nSPS) is 25.6. The summed E-state index contributed by atoms with van der Waals surface area (Å²) in [5.74, 6) is 1.03. The first kappa shape index (κ1) is 10.9. The number of ether oxygens (including phenoxy) is 1. The Bertz CT molecular complexity index is 77.6. The number of hydrogen-bond donors (Lipinski definition) is 1. The van der Waals surface area contributed by atoms with Crippen LogP contribution in [0.25, 0.3) is 0 Å². The molecule has 0 bridgehead atoms.